The lowest BCUT2D eigenvalue weighted by Gasteiger charge is -2.41. The van der Waals surface area contributed by atoms with Crippen molar-refractivity contribution in [2.45, 2.75) is 133 Å². The lowest BCUT2D eigenvalue weighted by Crippen LogP contribution is -2.44. The molecule has 3 N–H and O–H groups in total. The van der Waals surface area contributed by atoms with E-state index in [0.29, 0.717) is 13.1 Å². The summed E-state index contributed by atoms with van der Waals surface area (Å²) in [7, 11) is 0. The van der Waals surface area contributed by atoms with Crippen molar-refractivity contribution in [2.75, 3.05) is 44.2 Å². The first-order valence-electron chi connectivity index (χ1n) is 20.1. The van der Waals surface area contributed by atoms with E-state index >= 15 is 0 Å². The molecule has 1 fully saturated rings. The topological polar surface area (TPSA) is 98.0 Å². The second-order valence-electron chi connectivity index (χ2n) is 18.8. The number of aliphatic hydroxyl groups is 1. The first-order valence-corrected chi connectivity index (χ1v) is 20.1. The van der Waals surface area contributed by atoms with Gasteiger partial charge in [-0.25, -0.2) is 4.98 Å². The maximum atomic E-state index is 13.5. The summed E-state index contributed by atoms with van der Waals surface area (Å²) >= 11 is 0. The molecule has 2 unspecified atom stereocenters. The van der Waals surface area contributed by atoms with Gasteiger partial charge < -0.3 is 20.6 Å². The van der Waals surface area contributed by atoms with Crippen molar-refractivity contribution in [1.82, 2.24) is 29.9 Å². The minimum Gasteiger partial charge on any atom is -0.390 e. The zero-order chi connectivity index (χ0) is 37.7. The highest BCUT2D eigenvalue weighted by atomic mass is 16.3. The molecule has 0 spiro atoms. The van der Waals surface area contributed by atoms with Crippen molar-refractivity contribution < 1.29 is 9.90 Å². The normalized spacial score (nSPS) is 18.4. The van der Waals surface area contributed by atoms with Gasteiger partial charge >= 0.3 is 0 Å². The summed E-state index contributed by atoms with van der Waals surface area (Å²) in [6, 6.07) is 10.8. The Morgan fingerprint density at radius 1 is 0.981 bits per heavy atom. The lowest BCUT2D eigenvalue weighted by atomic mass is 9.75. The Bertz CT molecular complexity index is 1630. The van der Waals surface area contributed by atoms with E-state index in [1.165, 1.54) is 11.3 Å². The minimum absolute atomic E-state index is 0.0111. The minimum atomic E-state index is -0.343. The monoisotopic (exact) mass is 716 g/mol. The van der Waals surface area contributed by atoms with Crippen molar-refractivity contribution in [2.24, 2.45) is 21.7 Å². The average molecular weight is 716 g/mol. The van der Waals surface area contributed by atoms with Gasteiger partial charge in [-0.1, -0.05) is 74.4 Å². The number of aromatic nitrogens is 3. The molecule has 2 atom stereocenters. The fourth-order valence-electron chi connectivity index (χ4n) is 8.05. The van der Waals surface area contributed by atoms with Gasteiger partial charge in [0, 0.05) is 57.4 Å². The Morgan fingerprint density at radius 3 is 2.40 bits per heavy atom. The molecule has 9 nitrogen and oxygen atoms in total. The number of amides is 1. The Morgan fingerprint density at radius 2 is 1.71 bits per heavy atom. The summed E-state index contributed by atoms with van der Waals surface area (Å²) in [5.74, 6) is 1.29. The van der Waals surface area contributed by atoms with E-state index in [9.17, 15) is 9.90 Å². The summed E-state index contributed by atoms with van der Waals surface area (Å²) in [6.45, 7) is 26.3. The summed E-state index contributed by atoms with van der Waals surface area (Å²) < 4.78 is 2.18. The van der Waals surface area contributed by atoms with E-state index in [4.69, 9.17) is 9.97 Å². The van der Waals surface area contributed by atoms with Crippen LogP contribution in [0.2, 0.25) is 0 Å². The van der Waals surface area contributed by atoms with E-state index in [0.717, 1.165) is 107 Å². The third-order valence-corrected chi connectivity index (χ3v) is 11.9. The van der Waals surface area contributed by atoms with E-state index in [1.807, 2.05) is 6.20 Å². The van der Waals surface area contributed by atoms with Crippen LogP contribution in [-0.4, -0.2) is 69.6 Å². The number of pyridine rings is 2. The van der Waals surface area contributed by atoms with Crippen LogP contribution in [0.3, 0.4) is 0 Å². The van der Waals surface area contributed by atoms with Gasteiger partial charge in [0.15, 0.2) is 0 Å². The van der Waals surface area contributed by atoms with Gasteiger partial charge in [-0.2, -0.15) is 0 Å². The van der Waals surface area contributed by atoms with Gasteiger partial charge in [-0.05, 0) is 91.4 Å². The first-order chi connectivity index (χ1) is 24.5. The molecule has 0 radical (unpaired) electrons. The van der Waals surface area contributed by atoms with Gasteiger partial charge in [0.05, 0.1) is 29.7 Å². The Kier molecular flexibility index (Phi) is 12.8. The number of nitrogens with zero attached hydrogens (tertiary/aromatic N) is 5. The zero-order valence-corrected chi connectivity index (χ0v) is 33.9. The second-order valence-corrected chi connectivity index (χ2v) is 18.8. The highest BCUT2D eigenvalue weighted by Gasteiger charge is 2.36. The van der Waals surface area contributed by atoms with Gasteiger partial charge in [-0.15, -0.1) is 0 Å². The molecule has 0 saturated carbocycles. The zero-order valence-electron chi connectivity index (χ0n) is 33.9. The van der Waals surface area contributed by atoms with Crippen LogP contribution in [-0.2, 0) is 24.4 Å². The van der Waals surface area contributed by atoms with E-state index < -0.39 is 0 Å². The molecule has 3 aromatic heterocycles. The molecule has 1 aliphatic heterocycles. The summed E-state index contributed by atoms with van der Waals surface area (Å²) in [5, 5.41) is 17.7. The molecule has 288 valence electrons. The maximum Gasteiger partial charge on any atom is 0.225 e. The molecule has 1 amide bonds. The molecule has 9 heteroatoms. The second kappa shape index (κ2) is 16.6. The molecule has 4 heterocycles. The molecular weight excluding hydrogens is 647 g/mol. The van der Waals surface area contributed by atoms with Gasteiger partial charge in [0.2, 0.25) is 5.91 Å². The van der Waals surface area contributed by atoms with E-state index in [2.05, 4.69) is 117 Å². The summed E-state index contributed by atoms with van der Waals surface area (Å²) in [4.78, 5) is 28.7. The van der Waals surface area contributed by atoms with Crippen molar-refractivity contribution in [3.05, 3.63) is 59.2 Å². The molecule has 52 heavy (non-hydrogen) atoms. The smallest absolute Gasteiger partial charge is 0.225 e. The van der Waals surface area contributed by atoms with E-state index in [-0.39, 0.29) is 40.2 Å². The van der Waals surface area contributed by atoms with Crippen molar-refractivity contribution >= 4 is 17.4 Å². The number of nitrogens with one attached hydrogen (secondary N) is 2. The number of hydrogen-bond donors (Lipinski definition) is 3. The number of hydrogen-bond acceptors (Lipinski definition) is 7. The first kappa shape index (κ1) is 40.2. The van der Waals surface area contributed by atoms with Crippen LogP contribution in [0.1, 0.15) is 136 Å². The highest BCUT2D eigenvalue weighted by molar-refractivity contribution is 5.82. The number of aliphatic hydroxyl groups excluding tert-OH is 1. The van der Waals surface area contributed by atoms with Crippen LogP contribution in [0.5, 0.6) is 0 Å². The Labute approximate surface area is 314 Å². The van der Waals surface area contributed by atoms with Crippen LogP contribution in [0, 0.1) is 21.7 Å². The van der Waals surface area contributed by atoms with Gasteiger partial charge in [0.25, 0.3) is 0 Å². The number of fused-ring (bicyclic) bond motifs is 2. The van der Waals surface area contributed by atoms with Crippen molar-refractivity contribution in [1.29, 1.82) is 0 Å². The van der Waals surface area contributed by atoms with Gasteiger partial charge in [-0.3, -0.25) is 19.1 Å². The van der Waals surface area contributed by atoms with Crippen LogP contribution < -0.4 is 15.5 Å². The number of rotatable bonds is 16. The quantitative estimate of drug-likeness (QED) is 0.140. The largest absolute Gasteiger partial charge is 0.390 e. The van der Waals surface area contributed by atoms with Crippen LogP contribution >= 0.6 is 0 Å². The summed E-state index contributed by atoms with van der Waals surface area (Å²) in [6.07, 6.45) is 9.99. The molecule has 0 bridgehead atoms. The predicted octanol–water partition coefficient (Wildman–Crippen LogP) is 7.70. The number of carbonyl (C=O) groups is 1. The lowest BCUT2D eigenvalue weighted by molar-refractivity contribution is -0.131. The maximum absolute atomic E-state index is 13.5. The third kappa shape index (κ3) is 9.94. The number of aryl methyl sites for hydroxylation is 1. The average Bonchev–Trinajstić information content (AvgIpc) is 3.48. The molecule has 1 aliphatic carbocycles. The summed E-state index contributed by atoms with van der Waals surface area (Å²) in [5.41, 5.74) is 5.06. The van der Waals surface area contributed by atoms with Crippen molar-refractivity contribution in [3.8, 4) is 0 Å². The molecule has 0 aromatic carbocycles. The van der Waals surface area contributed by atoms with Crippen molar-refractivity contribution in [3.63, 3.8) is 0 Å². The highest BCUT2D eigenvalue weighted by Crippen LogP contribution is 2.39. The number of piperazine rings is 1. The van der Waals surface area contributed by atoms with Gasteiger partial charge in [0.1, 0.15) is 11.5 Å². The number of imidazole rings is 1. The Balaban J connectivity index is 1.35. The van der Waals surface area contributed by atoms with Crippen LogP contribution in [0.25, 0.3) is 5.65 Å². The fourth-order valence-corrected chi connectivity index (χ4v) is 8.05. The molecule has 5 rings (SSSR count). The Hall–Kier alpha value is -3.01. The van der Waals surface area contributed by atoms with Crippen LogP contribution in [0.15, 0.2) is 36.5 Å². The third-order valence-electron chi connectivity index (χ3n) is 11.9. The molecular formula is C43H69N7O2. The molecule has 1 saturated heterocycles. The van der Waals surface area contributed by atoms with Crippen LogP contribution in [0.4, 0.5) is 5.82 Å². The van der Waals surface area contributed by atoms with E-state index in [1.54, 1.807) is 0 Å². The molecule has 3 aromatic rings. The fraction of sp³-hybridized carbons (Fsp3) is 0.698. The number of anilines is 1. The number of carbonyl (C=O) groups excluding carboxylic acids is 1. The predicted molar refractivity (Wildman–Crippen MR) is 213 cm³/mol. The standard InChI is InChI=1S/C43H69N7O2/c1-10-43(9,22-19-40(2,3)4)39(52)46-30-41(5,6)20-21-42(7,8)31-49(34-16-11-14-32-15-13-23-45-38(32)34)28-33-35(29-51)50-36(47-33)17-12-18-37(50)48-26-24-44-25-27-48/h12-13,15,17-18,23,34,44,51H,10-11,14,16,19-22,24-31H2,1-9H3,(H,46,52). The molecule has 2 aliphatic rings. The SMILES string of the molecule is CCC(C)(CCC(C)(C)C)C(=O)NCC(C)(C)CCC(C)(C)CN(Cc1nc2cccc(N3CCNCC3)n2c1CO)C1CCCc2cccnc21.